The van der Waals surface area contributed by atoms with E-state index in [4.69, 9.17) is 16.2 Å². The van der Waals surface area contributed by atoms with Crippen molar-refractivity contribution in [3.8, 4) is 5.75 Å². The maximum Gasteiger partial charge on any atom is 0.235 e. The molecule has 0 heterocycles. The molecule has 18 heavy (non-hydrogen) atoms. The molecule has 1 aromatic carbocycles. The molecule has 1 unspecified atom stereocenters. The Morgan fingerprint density at radius 1 is 1.56 bits per heavy atom. The second-order valence-electron chi connectivity index (χ2n) is 4.17. The number of amides is 1. The summed E-state index contributed by atoms with van der Waals surface area (Å²) in [5, 5.41) is 0. The van der Waals surface area contributed by atoms with Crippen molar-refractivity contribution in [3.05, 3.63) is 29.6 Å². The Morgan fingerprint density at radius 3 is 2.72 bits per heavy atom. The number of halogens is 1. The zero-order valence-corrected chi connectivity index (χ0v) is 10.5. The van der Waals surface area contributed by atoms with E-state index in [2.05, 4.69) is 0 Å². The van der Waals surface area contributed by atoms with Crippen molar-refractivity contribution < 1.29 is 13.9 Å². The van der Waals surface area contributed by atoms with Gasteiger partial charge in [-0.15, -0.1) is 0 Å². The Labute approximate surface area is 106 Å². The summed E-state index contributed by atoms with van der Waals surface area (Å²) in [7, 11) is 3.20. The van der Waals surface area contributed by atoms with E-state index in [0.29, 0.717) is 13.1 Å². The molecule has 0 aromatic heterocycles. The lowest BCUT2D eigenvalue weighted by atomic mass is 10.2. The summed E-state index contributed by atoms with van der Waals surface area (Å²) in [6.45, 7) is 0.797. The first-order valence-electron chi connectivity index (χ1n) is 5.50. The molecule has 5 nitrogen and oxygen atoms in total. The van der Waals surface area contributed by atoms with E-state index in [1.165, 1.54) is 13.2 Å². The van der Waals surface area contributed by atoms with E-state index in [1.807, 2.05) is 0 Å². The number of nitrogens with zero attached hydrogens (tertiary/aromatic N) is 1. The van der Waals surface area contributed by atoms with Crippen molar-refractivity contribution in [3.63, 3.8) is 0 Å². The average Bonchev–Trinajstić information content (AvgIpc) is 2.28. The molecule has 1 amide bonds. The number of ether oxygens (including phenoxy) is 1. The molecule has 0 saturated heterocycles. The molecular formula is C12H18FN3O2. The SMILES string of the molecule is COc1ccc(CN(C)CC(N)C(N)=O)cc1F. The second kappa shape index (κ2) is 6.32. The van der Waals surface area contributed by atoms with Crippen LogP contribution >= 0.6 is 0 Å². The molecule has 0 aliphatic carbocycles. The van der Waals surface area contributed by atoms with Gasteiger partial charge < -0.3 is 21.1 Å². The summed E-state index contributed by atoms with van der Waals surface area (Å²) in [4.78, 5) is 12.6. The highest BCUT2D eigenvalue weighted by Gasteiger charge is 2.13. The predicted octanol–water partition coefficient (Wildman–Crippen LogP) is 0.0787. The van der Waals surface area contributed by atoms with Gasteiger partial charge in [-0.2, -0.15) is 0 Å². The zero-order valence-electron chi connectivity index (χ0n) is 10.5. The number of carbonyl (C=O) groups excluding carboxylic acids is 1. The molecule has 0 aliphatic heterocycles. The van der Waals surface area contributed by atoms with E-state index >= 15 is 0 Å². The van der Waals surface area contributed by atoms with E-state index in [-0.39, 0.29) is 5.75 Å². The predicted molar refractivity (Wildman–Crippen MR) is 66.5 cm³/mol. The number of rotatable bonds is 6. The lowest BCUT2D eigenvalue weighted by Crippen LogP contribution is -2.44. The molecule has 1 rings (SSSR count). The van der Waals surface area contributed by atoms with Crippen LogP contribution in [0.3, 0.4) is 0 Å². The first-order valence-corrected chi connectivity index (χ1v) is 5.50. The molecule has 6 heteroatoms. The minimum Gasteiger partial charge on any atom is -0.494 e. The fourth-order valence-corrected chi connectivity index (χ4v) is 1.61. The first kappa shape index (κ1) is 14.4. The second-order valence-corrected chi connectivity index (χ2v) is 4.17. The maximum atomic E-state index is 13.4. The number of methoxy groups -OCH3 is 1. The summed E-state index contributed by atoms with van der Waals surface area (Å²) in [6, 6.07) is 3.99. The highest BCUT2D eigenvalue weighted by molar-refractivity contribution is 5.79. The molecule has 1 aromatic rings. The fourth-order valence-electron chi connectivity index (χ4n) is 1.61. The Morgan fingerprint density at radius 2 is 2.22 bits per heavy atom. The van der Waals surface area contributed by atoms with E-state index in [9.17, 15) is 9.18 Å². The minimum absolute atomic E-state index is 0.204. The van der Waals surface area contributed by atoms with Crippen LogP contribution < -0.4 is 16.2 Å². The van der Waals surface area contributed by atoms with Gasteiger partial charge in [0.15, 0.2) is 11.6 Å². The summed E-state index contributed by atoms with van der Waals surface area (Å²) in [6.07, 6.45) is 0. The quantitative estimate of drug-likeness (QED) is 0.754. The molecule has 100 valence electrons. The van der Waals surface area contributed by atoms with Gasteiger partial charge in [-0.3, -0.25) is 4.79 Å². The van der Waals surface area contributed by atoms with Gasteiger partial charge in [0.05, 0.1) is 13.2 Å². The van der Waals surface area contributed by atoms with Crippen LogP contribution in [0.15, 0.2) is 18.2 Å². The Hall–Kier alpha value is -1.66. The minimum atomic E-state index is -0.724. The van der Waals surface area contributed by atoms with Crippen LogP contribution in [-0.4, -0.2) is 37.6 Å². The number of benzene rings is 1. The zero-order chi connectivity index (χ0) is 13.7. The van der Waals surface area contributed by atoms with Gasteiger partial charge in [-0.25, -0.2) is 4.39 Å². The third-order valence-electron chi connectivity index (χ3n) is 2.54. The van der Waals surface area contributed by atoms with Gasteiger partial charge in [-0.1, -0.05) is 6.07 Å². The summed E-state index contributed by atoms with van der Waals surface area (Å²) in [5.74, 6) is -0.763. The van der Waals surface area contributed by atoms with Crippen molar-refractivity contribution in [2.45, 2.75) is 12.6 Å². The van der Waals surface area contributed by atoms with E-state index in [0.717, 1.165) is 5.56 Å². The molecule has 0 saturated carbocycles. The summed E-state index contributed by atoms with van der Waals surface area (Å²) < 4.78 is 18.3. The van der Waals surface area contributed by atoms with Crippen molar-refractivity contribution in [2.24, 2.45) is 11.5 Å². The van der Waals surface area contributed by atoms with Crippen LogP contribution in [0.1, 0.15) is 5.56 Å². The first-order chi connectivity index (χ1) is 8.43. The third kappa shape index (κ3) is 3.97. The number of nitrogens with two attached hydrogens (primary N) is 2. The van der Waals surface area contributed by atoms with Crippen molar-refractivity contribution in [1.29, 1.82) is 0 Å². The number of hydrogen-bond acceptors (Lipinski definition) is 4. The molecule has 4 N–H and O–H groups in total. The van der Waals surface area contributed by atoms with Crippen LogP contribution in [0, 0.1) is 5.82 Å². The number of hydrogen-bond donors (Lipinski definition) is 2. The van der Waals surface area contributed by atoms with Crippen LogP contribution in [0.5, 0.6) is 5.75 Å². The molecule has 0 spiro atoms. The highest BCUT2D eigenvalue weighted by atomic mass is 19.1. The largest absolute Gasteiger partial charge is 0.494 e. The van der Waals surface area contributed by atoms with Gasteiger partial charge in [0.25, 0.3) is 0 Å². The van der Waals surface area contributed by atoms with Crippen molar-refractivity contribution >= 4 is 5.91 Å². The van der Waals surface area contributed by atoms with E-state index in [1.54, 1.807) is 24.1 Å². The summed E-state index contributed by atoms with van der Waals surface area (Å²) in [5.41, 5.74) is 11.4. The smallest absolute Gasteiger partial charge is 0.235 e. The molecule has 0 fully saturated rings. The molecule has 0 bridgehead atoms. The highest BCUT2D eigenvalue weighted by Crippen LogP contribution is 2.18. The summed E-state index contributed by atoms with van der Waals surface area (Å²) >= 11 is 0. The van der Waals surface area contributed by atoms with E-state index < -0.39 is 17.8 Å². The number of primary amides is 1. The third-order valence-corrected chi connectivity index (χ3v) is 2.54. The molecule has 0 aliphatic rings. The Bertz CT molecular complexity index is 426. The average molecular weight is 255 g/mol. The normalized spacial score (nSPS) is 12.5. The van der Waals surface area contributed by atoms with Crippen LogP contribution in [0.4, 0.5) is 4.39 Å². The van der Waals surface area contributed by atoms with Gasteiger partial charge in [0.2, 0.25) is 5.91 Å². The standard InChI is InChI=1S/C12H18FN3O2/c1-16(7-10(14)12(15)17)6-8-3-4-11(18-2)9(13)5-8/h3-5,10H,6-7,14H2,1-2H3,(H2,15,17). The van der Waals surface area contributed by atoms with Gasteiger partial charge in [0.1, 0.15) is 0 Å². The lowest BCUT2D eigenvalue weighted by Gasteiger charge is -2.19. The number of carbonyl (C=O) groups is 1. The number of likely N-dealkylation sites (N-methyl/N-ethyl adjacent to an activating group) is 1. The molecule has 1 atom stereocenters. The van der Waals surface area contributed by atoms with Crippen LogP contribution in [0.2, 0.25) is 0 Å². The maximum absolute atomic E-state index is 13.4. The molecular weight excluding hydrogens is 237 g/mol. The monoisotopic (exact) mass is 255 g/mol. The Balaban J connectivity index is 2.62. The topological polar surface area (TPSA) is 81.6 Å². The van der Waals surface area contributed by atoms with Crippen LogP contribution in [-0.2, 0) is 11.3 Å². The van der Waals surface area contributed by atoms with Crippen molar-refractivity contribution in [2.75, 3.05) is 20.7 Å². The molecule has 0 radical (unpaired) electrons. The van der Waals surface area contributed by atoms with Gasteiger partial charge in [-0.05, 0) is 24.7 Å². The van der Waals surface area contributed by atoms with Gasteiger partial charge >= 0.3 is 0 Å². The van der Waals surface area contributed by atoms with Crippen LogP contribution in [0.25, 0.3) is 0 Å². The fraction of sp³-hybridized carbons (Fsp3) is 0.417. The van der Waals surface area contributed by atoms with Crippen molar-refractivity contribution in [1.82, 2.24) is 4.90 Å². The Kier molecular flexibility index (Phi) is 5.06. The van der Waals surface area contributed by atoms with Gasteiger partial charge in [0, 0.05) is 13.1 Å². The lowest BCUT2D eigenvalue weighted by molar-refractivity contribution is -0.119.